The molecule has 0 aromatic heterocycles. The summed E-state index contributed by atoms with van der Waals surface area (Å²) >= 11 is 5.83. The lowest BCUT2D eigenvalue weighted by Crippen LogP contribution is -2.39. The van der Waals surface area contributed by atoms with E-state index in [1.807, 2.05) is 13.8 Å². The maximum absolute atomic E-state index is 11.9. The van der Waals surface area contributed by atoms with Gasteiger partial charge in [0.15, 0.2) is 0 Å². The number of hydrogen-bond acceptors (Lipinski definition) is 3. The van der Waals surface area contributed by atoms with Crippen LogP contribution >= 0.6 is 11.6 Å². The number of carbonyl (C=O) groups excluding carboxylic acids is 1. The molecule has 0 spiro atoms. The van der Waals surface area contributed by atoms with Gasteiger partial charge < -0.3 is 5.32 Å². The summed E-state index contributed by atoms with van der Waals surface area (Å²) < 4.78 is 25.2. The van der Waals surface area contributed by atoms with Crippen LogP contribution in [-0.2, 0) is 21.4 Å². The summed E-state index contributed by atoms with van der Waals surface area (Å²) in [5, 5.41) is 3.42. The highest BCUT2D eigenvalue weighted by Crippen LogP contribution is 2.13. The Kier molecular flexibility index (Phi) is 8.02. The van der Waals surface area contributed by atoms with E-state index < -0.39 is 10.0 Å². The van der Waals surface area contributed by atoms with Gasteiger partial charge in [-0.25, -0.2) is 8.42 Å². The highest BCUT2D eigenvalue weighted by molar-refractivity contribution is 7.88. The van der Waals surface area contributed by atoms with Gasteiger partial charge in [-0.1, -0.05) is 37.6 Å². The first kappa shape index (κ1) is 19.9. The second kappa shape index (κ2) is 9.25. The van der Waals surface area contributed by atoms with E-state index in [1.54, 1.807) is 24.3 Å². The molecule has 1 amide bonds. The fraction of sp³-hybridized carbons (Fsp3) is 0.562. The summed E-state index contributed by atoms with van der Waals surface area (Å²) in [6, 6.07) is 7.05. The summed E-state index contributed by atoms with van der Waals surface area (Å²) in [4.78, 5) is 11.9. The molecule has 23 heavy (non-hydrogen) atoms. The van der Waals surface area contributed by atoms with E-state index in [2.05, 4.69) is 5.32 Å². The Hall–Kier alpha value is -1.11. The zero-order valence-corrected chi connectivity index (χ0v) is 15.5. The SMILES string of the molecule is CCC(CC)C(=O)NCCN(Cc1ccc(Cl)cc1)S(C)(=O)=O. The molecule has 130 valence electrons. The lowest BCUT2D eigenvalue weighted by Gasteiger charge is -2.21. The highest BCUT2D eigenvalue weighted by Gasteiger charge is 2.18. The van der Waals surface area contributed by atoms with Crippen molar-refractivity contribution in [3.8, 4) is 0 Å². The lowest BCUT2D eigenvalue weighted by molar-refractivity contribution is -0.125. The third-order valence-corrected chi connectivity index (χ3v) is 5.26. The van der Waals surface area contributed by atoms with Crippen LogP contribution in [0.2, 0.25) is 5.02 Å². The number of rotatable bonds is 9. The Labute approximate surface area is 144 Å². The standard InChI is InChI=1S/C16H25ClN2O3S/c1-4-14(5-2)16(20)18-10-11-19(23(3,21)22)12-13-6-8-15(17)9-7-13/h6-9,14H,4-5,10-12H2,1-3H3,(H,18,20). The number of nitrogens with zero attached hydrogens (tertiary/aromatic N) is 1. The van der Waals surface area contributed by atoms with Crippen LogP contribution < -0.4 is 5.32 Å². The first-order valence-corrected chi connectivity index (χ1v) is 9.97. The lowest BCUT2D eigenvalue weighted by atomic mass is 10.0. The van der Waals surface area contributed by atoms with E-state index in [1.165, 1.54) is 10.6 Å². The van der Waals surface area contributed by atoms with Crippen LogP contribution in [0.15, 0.2) is 24.3 Å². The number of amides is 1. The number of carbonyl (C=O) groups is 1. The molecule has 0 fully saturated rings. The molecule has 0 radical (unpaired) electrons. The highest BCUT2D eigenvalue weighted by atomic mass is 35.5. The summed E-state index contributed by atoms with van der Waals surface area (Å²) in [6.07, 6.45) is 2.73. The second-order valence-corrected chi connectivity index (χ2v) is 7.95. The maximum atomic E-state index is 11.9. The molecule has 0 heterocycles. The minimum Gasteiger partial charge on any atom is -0.355 e. The monoisotopic (exact) mass is 360 g/mol. The Bertz CT molecular complexity index is 598. The molecule has 0 aliphatic rings. The largest absolute Gasteiger partial charge is 0.355 e. The van der Waals surface area contributed by atoms with Crippen LogP contribution in [0.25, 0.3) is 0 Å². The van der Waals surface area contributed by atoms with Crippen molar-refractivity contribution in [2.24, 2.45) is 5.92 Å². The second-order valence-electron chi connectivity index (χ2n) is 5.53. The van der Waals surface area contributed by atoms with Gasteiger partial charge in [-0.15, -0.1) is 0 Å². The van der Waals surface area contributed by atoms with Crippen LogP contribution in [0.1, 0.15) is 32.3 Å². The third kappa shape index (κ3) is 6.89. The van der Waals surface area contributed by atoms with Crippen molar-refractivity contribution in [3.63, 3.8) is 0 Å². The van der Waals surface area contributed by atoms with E-state index in [-0.39, 0.29) is 24.9 Å². The zero-order valence-electron chi connectivity index (χ0n) is 13.9. The first-order chi connectivity index (χ1) is 10.8. The van der Waals surface area contributed by atoms with Crippen molar-refractivity contribution in [2.75, 3.05) is 19.3 Å². The molecule has 0 aliphatic carbocycles. The van der Waals surface area contributed by atoms with Crippen molar-refractivity contribution in [1.82, 2.24) is 9.62 Å². The van der Waals surface area contributed by atoms with E-state index >= 15 is 0 Å². The number of benzene rings is 1. The van der Waals surface area contributed by atoms with Gasteiger partial charge in [-0.3, -0.25) is 4.79 Å². The Morgan fingerprint density at radius 1 is 1.22 bits per heavy atom. The van der Waals surface area contributed by atoms with E-state index in [0.717, 1.165) is 18.4 Å². The van der Waals surface area contributed by atoms with E-state index in [9.17, 15) is 13.2 Å². The molecule has 1 N–H and O–H groups in total. The normalized spacial score (nSPS) is 11.9. The molecular formula is C16H25ClN2O3S. The van der Waals surface area contributed by atoms with Gasteiger partial charge in [0.05, 0.1) is 6.26 Å². The fourth-order valence-electron chi connectivity index (χ4n) is 2.26. The molecule has 0 saturated carbocycles. The topological polar surface area (TPSA) is 66.5 Å². The van der Waals surface area contributed by atoms with Crippen LogP contribution in [0.5, 0.6) is 0 Å². The van der Waals surface area contributed by atoms with Crippen LogP contribution in [0.3, 0.4) is 0 Å². The predicted octanol–water partition coefficient (Wildman–Crippen LogP) is 2.65. The minimum absolute atomic E-state index is 0.0158. The van der Waals surface area contributed by atoms with Crippen molar-refractivity contribution in [2.45, 2.75) is 33.2 Å². The number of hydrogen-bond donors (Lipinski definition) is 1. The van der Waals surface area contributed by atoms with Crippen molar-refractivity contribution >= 4 is 27.5 Å². The molecule has 0 aliphatic heterocycles. The zero-order chi connectivity index (χ0) is 17.5. The predicted molar refractivity (Wildman–Crippen MR) is 93.8 cm³/mol. The van der Waals surface area contributed by atoms with Crippen molar-refractivity contribution < 1.29 is 13.2 Å². The van der Waals surface area contributed by atoms with E-state index in [0.29, 0.717) is 11.6 Å². The number of halogens is 1. The van der Waals surface area contributed by atoms with Gasteiger partial charge in [0.25, 0.3) is 0 Å². The van der Waals surface area contributed by atoms with E-state index in [4.69, 9.17) is 11.6 Å². The molecule has 0 atom stereocenters. The molecule has 0 unspecified atom stereocenters. The first-order valence-electron chi connectivity index (χ1n) is 7.75. The molecule has 0 bridgehead atoms. The summed E-state index contributed by atoms with van der Waals surface area (Å²) in [5.41, 5.74) is 0.853. The molecular weight excluding hydrogens is 336 g/mol. The molecule has 1 rings (SSSR count). The molecule has 5 nitrogen and oxygen atoms in total. The maximum Gasteiger partial charge on any atom is 0.223 e. The molecule has 1 aromatic carbocycles. The summed E-state index contributed by atoms with van der Waals surface area (Å²) in [6.45, 7) is 4.74. The van der Waals surface area contributed by atoms with Gasteiger partial charge in [-0.05, 0) is 30.5 Å². The van der Waals surface area contributed by atoms with Gasteiger partial charge >= 0.3 is 0 Å². The smallest absolute Gasteiger partial charge is 0.223 e. The number of nitrogens with one attached hydrogen (secondary N) is 1. The molecule has 1 aromatic rings. The minimum atomic E-state index is -3.35. The average Bonchev–Trinajstić information content (AvgIpc) is 2.48. The fourth-order valence-corrected chi connectivity index (χ4v) is 3.20. The Morgan fingerprint density at radius 2 is 1.78 bits per heavy atom. The van der Waals surface area contributed by atoms with Crippen molar-refractivity contribution in [1.29, 1.82) is 0 Å². The quantitative estimate of drug-likeness (QED) is 0.736. The summed E-state index contributed by atoms with van der Waals surface area (Å²) in [7, 11) is -3.35. The van der Waals surface area contributed by atoms with Crippen LogP contribution in [-0.4, -0.2) is 38.0 Å². The average molecular weight is 361 g/mol. The van der Waals surface area contributed by atoms with Gasteiger partial charge in [-0.2, -0.15) is 4.31 Å². The molecule has 0 saturated heterocycles. The van der Waals surface area contributed by atoms with Gasteiger partial charge in [0.2, 0.25) is 15.9 Å². The third-order valence-electron chi connectivity index (χ3n) is 3.76. The van der Waals surface area contributed by atoms with Crippen molar-refractivity contribution in [3.05, 3.63) is 34.9 Å². The Morgan fingerprint density at radius 3 is 2.26 bits per heavy atom. The molecule has 7 heteroatoms. The number of sulfonamides is 1. The van der Waals surface area contributed by atoms with Gasteiger partial charge in [0.1, 0.15) is 0 Å². The summed E-state index contributed by atoms with van der Waals surface area (Å²) in [5.74, 6) is -0.0344. The Balaban J connectivity index is 2.63. The van der Waals surface area contributed by atoms with Gasteiger partial charge in [0, 0.05) is 30.6 Å². The van der Waals surface area contributed by atoms with Crippen LogP contribution in [0.4, 0.5) is 0 Å². The van der Waals surface area contributed by atoms with Crippen LogP contribution in [0, 0.1) is 5.92 Å².